The lowest BCUT2D eigenvalue weighted by Crippen LogP contribution is -2.37. The molecule has 0 saturated heterocycles. The van der Waals surface area contributed by atoms with Gasteiger partial charge in [-0.2, -0.15) is 0 Å². The first-order valence-electron chi connectivity index (χ1n) is 11.3. The number of amides is 1. The molecule has 0 aromatic carbocycles. The van der Waals surface area contributed by atoms with Crippen LogP contribution in [0.2, 0.25) is 0 Å². The molecule has 2 N–H and O–H groups in total. The Kier molecular flexibility index (Phi) is 15.6. The van der Waals surface area contributed by atoms with Gasteiger partial charge in [0.15, 0.2) is 0 Å². The molecule has 176 valence electrons. The molecule has 0 spiro atoms. The van der Waals surface area contributed by atoms with Crippen LogP contribution < -0.4 is 5.32 Å². The van der Waals surface area contributed by atoms with Crippen LogP contribution in [-0.4, -0.2) is 50.0 Å². The number of carboxylic acids is 1. The van der Waals surface area contributed by atoms with E-state index >= 15 is 0 Å². The van der Waals surface area contributed by atoms with Crippen molar-refractivity contribution in [3.05, 3.63) is 12.7 Å². The van der Waals surface area contributed by atoms with E-state index in [1.54, 1.807) is 0 Å². The van der Waals surface area contributed by atoms with Gasteiger partial charge in [0.05, 0.1) is 32.8 Å². The summed E-state index contributed by atoms with van der Waals surface area (Å²) in [7, 11) is 0. The normalized spacial score (nSPS) is 12.0. The minimum absolute atomic E-state index is 0.0133. The number of ether oxygens (including phenoxy) is 2. The summed E-state index contributed by atoms with van der Waals surface area (Å²) >= 11 is 0. The topological polar surface area (TPSA) is 84.9 Å². The second-order valence-electron chi connectivity index (χ2n) is 9.74. The van der Waals surface area contributed by atoms with Gasteiger partial charge in [0.2, 0.25) is 5.91 Å². The number of carboxylic acid groups (broad SMARTS) is 1. The fraction of sp³-hybridized carbons (Fsp3) is 0.833. The molecular weight excluding hydrogens is 382 g/mol. The largest absolute Gasteiger partial charge is 0.481 e. The highest BCUT2D eigenvalue weighted by molar-refractivity contribution is 5.75. The van der Waals surface area contributed by atoms with Gasteiger partial charge in [0.1, 0.15) is 0 Å². The Morgan fingerprint density at radius 1 is 0.867 bits per heavy atom. The van der Waals surface area contributed by atoms with Crippen LogP contribution in [0, 0.1) is 10.8 Å². The van der Waals surface area contributed by atoms with Gasteiger partial charge in [0.25, 0.3) is 0 Å². The fourth-order valence-corrected chi connectivity index (χ4v) is 2.91. The summed E-state index contributed by atoms with van der Waals surface area (Å²) in [6.07, 6.45) is 10.6. The molecule has 0 radical (unpaired) electrons. The highest BCUT2D eigenvalue weighted by atomic mass is 16.5. The van der Waals surface area contributed by atoms with Crippen molar-refractivity contribution < 1.29 is 24.2 Å². The molecule has 1 amide bonds. The molecule has 0 rings (SSSR count). The zero-order chi connectivity index (χ0) is 22.9. The van der Waals surface area contributed by atoms with Crippen molar-refractivity contribution in [2.24, 2.45) is 10.8 Å². The first-order valence-corrected chi connectivity index (χ1v) is 11.3. The molecule has 0 aromatic rings. The minimum Gasteiger partial charge on any atom is -0.481 e. The summed E-state index contributed by atoms with van der Waals surface area (Å²) in [6.45, 7) is 14.3. The second kappa shape index (κ2) is 16.3. The molecule has 0 atom stereocenters. The summed E-state index contributed by atoms with van der Waals surface area (Å²) in [4.78, 5) is 22.6. The first kappa shape index (κ1) is 28.6. The van der Waals surface area contributed by atoms with E-state index in [2.05, 4.69) is 25.7 Å². The van der Waals surface area contributed by atoms with Crippen molar-refractivity contribution in [2.45, 2.75) is 85.5 Å². The summed E-state index contributed by atoms with van der Waals surface area (Å²) in [5.74, 6) is -0.742. The highest BCUT2D eigenvalue weighted by Gasteiger charge is 2.23. The molecule has 0 fully saturated rings. The zero-order valence-corrected chi connectivity index (χ0v) is 19.8. The molecule has 0 aliphatic carbocycles. The van der Waals surface area contributed by atoms with Crippen LogP contribution >= 0.6 is 0 Å². The lowest BCUT2D eigenvalue weighted by molar-refractivity contribution is -0.138. The third-order valence-electron chi connectivity index (χ3n) is 4.76. The molecule has 0 unspecified atom stereocenters. The smallest absolute Gasteiger partial charge is 0.305 e. The Labute approximate surface area is 183 Å². The van der Waals surface area contributed by atoms with Crippen molar-refractivity contribution in [3.8, 4) is 0 Å². The van der Waals surface area contributed by atoms with Gasteiger partial charge >= 0.3 is 5.97 Å². The van der Waals surface area contributed by atoms with Gasteiger partial charge in [-0.3, -0.25) is 9.59 Å². The quantitative estimate of drug-likeness (QED) is 0.212. The Hall–Kier alpha value is -1.40. The van der Waals surface area contributed by atoms with Crippen molar-refractivity contribution in [1.29, 1.82) is 0 Å². The molecule has 30 heavy (non-hydrogen) atoms. The summed E-state index contributed by atoms with van der Waals surface area (Å²) < 4.78 is 11.3. The Morgan fingerprint density at radius 2 is 1.43 bits per heavy atom. The molecule has 6 heteroatoms. The average molecular weight is 428 g/mol. The lowest BCUT2D eigenvalue weighted by Gasteiger charge is -2.29. The van der Waals surface area contributed by atoms with Crippen LogP contribution in [0.4, 0.5) is 0 Å². The van der Waals surface area contributed by atoms with Gasteiger partial charge in [0, 0.05) is 23.8 Å². The average Bonchev–Trinajstić information content (AvgIpc) is 2.65. The minimum atomic E-state index is -0.855. The van der Waals surface area contributed by atoms with Crippen molar-refractivity contribution >= 4 is 11.9 Å². The van der Waals surface area contributed by atoms with E-state index in [1.165, 1.54) is 25.7 Å². The van der Waals surface area contributed by atoms with Gasteiger partial charge in [-0.15, -0.1) is 6.58 Å². The van der Waals surface area contributed by atoms with Crippen molar-refractivity contribution in [3.63, 3.8) is 0 Å². The predicted octanol–water partition coefficient (Wildman–Crippen LogP) is 4.97. The van der Waals surface area contributed by atoms with Gasteiger partial charge < -0.3 is 19.9 Å². The number of carbonyl (C=O) groups excluding carboxylic acids is 1. The van der Waals surface area contributed by atoms with Crippen molar-refractivity contribution in [2.75, 3.05) is 33.0 Å². The highest BCUT2D eigenvalue weighted by Crippen LogP contribution is 2.20. The van der Waals surface area contributed by atoms with Crippen molar-refractivity contribution in [1.82, 2.24) is 5.32 Å². The van der Waals surface area contributed by atoms with Crippen LogP contribution in [0.1, 0.15) is 85.5 Å². The molecule has 0 bridgehead atoms. The third kappa shape index (κ3) is 18.6. The Morgan fingerprint density at radius 3 is 2.07 bits per heavy atom. The second-order valence-corrected chi connectivity index (χ2v) is 9.74. The number of carbonyl (C=O) groups is 2. The maximum Gasteiger partial charge on any atom is 0.305 e. The number of aliphatic carboxylic acids is 1. The zero-order valence-electron chi connectivity index (χ0n) is 19.8. The molecule has 0 aliphatic rings. The predicted molar refractivity (Wildman–Crippen MR) is 122 cm³/mol. The third-order valence-corrected chi connectivity index (χ3v) is 4.76. The first-order chi connectivity index (χ1) is 14.1. The molecule has 0 heterocycles. The summed E-state index contributed by atoms with van der Waals surface area (Å²) in [5, 5.41) is 11.7. The molecular formula is C24H45NO5. The monoisotopic (exact) mass is 427 g/mol. The fourth-order valence-electron chi connectivity index (χ4n) is 2.91. The van der Waals surface area contributed by atoms with E-state index in [4.69, 9.17) is 14.6 Å². The van der Waals surface area contributed by atoms with Crippen LogP contribution in [0.25, 0.3) is 0 Å². The number of unbranched alkanes of at least 4 members (excludes halogenated alkanes) is 6. The van der Waals surface area contributed by atoms with Crippen LogP contribution in [-0.2, 0) is 19.1 Å². The molecule has 0 aliphatic heterocycles. The SMILES string of the molecule is C=CCCCCCCCCC(=O)NCC(C)(C)COCC(C)(C)COCCC(=O)O. The van der Waals surface area contributed by atoms with E-state index in [-0.39, 0.29) is 29.8 Å². The van der Waals surface area contributed by atoms with E-state index in [1.807, 2.05) is 19.9 Å². The Bertz CT molecular complexity index is 488. The number of hydrogen-bond donors (Lipinski definition) is 2. The van der Waals surface area contributed by atoms with Crippen LogP contribution in [0.5, 0.6) is 0 Å². The molecule has 6 nitrogen and oxygen atoms in total. The van der Waals surface area contributed by atoms with E-state index in [0.717, 1.165) is 19.3 Å². The number of rotatable bonds is 20. The van der Waals surface area contributed by atoms with Crippen LogP contribution in [0.3, 0.4) is 0 Å². The Balaban J connectivity index is 3.83. The molecule has 0 aromatic heterocycles. The number of allylic oxidation sites excluding steroid dienone is 1. The van der Waals surface area contributed by atoms with E-state index in [9.17, 15) is 9.59 Å². The maximum absolute atomic E-state index is 12.1. The molecule has 0 saturated carbocycles. The van der Waals surface area contributed by atoms with E-state index < -0.39 is 5.97 Å². The number of hydrogen-bond acceptors (Lipinski definition) is 4. The van der Waals surface area contributed by atoms with Gasteiger partial charge in [-0.1, -0.05) is 59.5 Å². The lowest BCUT2D eigenvalue weighted by atomic mass is 9.93. The van der Waals surface area contributed by atoms with E-state index in [0.29, 0.717) is 32.8 Å². The maximum atomic E-state index is 12.1. The standard InChI is InChI=1S/C24H45NO5/c1-6-7-8-9-10-11-12-13-14-21(26)25-17-23(2,3)18-30-20-24(4,5)19-29-16-15-22(27)28/h6H,1,7-20H2,2-5H3,(H,25,26)(H,27,28). The van der Waals surface area contributed by atoms with Gasteiger partial charge in [-0.05, 0) is 19.3 Å². The van der Waals surface area contributed by atoms with Gasteiger partial charge in [-0.25, -0.2) is 0 Å². The summed E-state index contributed by atoms with van der Waals surface area (Å²) in [5.41, 5.74) is -0.343. The summed E-state index contributed by atoms with van der Waals surface area (Å²) in [6, 6.07) is 0. The number of nitrogens with one attached hydrogen (secondary N) is 1. The van der Waals surface area contributed by atoms with Crippen LogP contribution in [0.15, 0.2) is 12.7 Å².